The number of hydrogen-bond acceptors (Lipinski definition) is 2. The molecule has 2 aromatic carbocycles. The highest BCUT2D eigenvalue weighted by molar-refractivity contribution is 6.12. The van der Waals surface area contributed by atoms with Crippen LogP contribution in [0.4, 0.5) is 5.69 Å². The Labute approximate surface area is 156 Å². The molecule has 0 saturated carbocycles. The normalized spacial score (nSPS) is 10.9. The van der Waals surface area contributed by atoms with E-state index in [2.05, 4.69) is 5.32 Å². The van der Waals surface area contributed by atoms with Gasteiger partial charge in [-0.15, -0.1) is 0 Å². The van der Waals surface area contributed by atoms with E-state index in [0.717, 1.165) is 22.2 Å². The zero-order valence-electron chi connectivity index (χ0n) is 14.9. The lowest BCUT2D eigenvalue weighted by atomic mass is 10.1. The van der Waals surface area contributed by atoms with Crippen LogP contribution in [0.5, 0.6) is 0 Å². The molecule has 0 bridgehead atoms. The van der Waals surface area contributed by atoms with Gasteiger partial charge in [0, 0.05) is 42.1 Å². The summed E-state index contributed by atoms with van der Waals surface area (Å²) in [5, 5.41) is 3.87. The molecule has 1 N–H and O–H groups in total. The van der Waals surface area contributed by atoms with Gasteiger partial charge in [-0.05, 0) is 29.8 Å². The van der Waals surface area contributed by atoms with Crippen LogP contribution in [0, 0.1) is 0 Å². The highest BCUT2D eigenvalue weighted by Gasteiger charge is 2.13. The first-order chi connectivity index (χ1) is 13.1. The van der Waals surface area contributed by atoms with E-state index < -0.39 is 0 Å². The molecular formula is C22H19N3O2. The molecule has 4 rings (SSSR count). The lowest BCUT2D eigenvalue weighted by Gasteiger charge is -2.08. The van der Waals surface area contributed by atoms with E-state index in [9.17, 15) is 9.59 Å². The van der Waals surface area contributed by atoms with Crippen molar-refractivity contribution in [1.82, 2.24) is 9.13 Å². The first-order valence-corrected chi connectivity index (χ1v) is 8.71. The number of rotatable bonds is 4. The number of benzene rings is 2. The first-order valence-electron chi connectivity index (χ1n) is 8.71. The number of fused-ring (bicyclic) bond motifs is 1. The zero-order valence-corrected chi connectivity index (χ0v) is 14.9. The minimum absolute atomic E-state index is 0.0363. The number of nitrogens with one attached hydrogen (secondary N) is 1. The highest BCUT2D eigenvalue weighted by atomic mass is 16.1. The van der Waals surface area contributed by atoms with Gasteiger partial charge in [-0.2, -0.15) is 0 Å². The second-order valence-electron chi connectivity index (χ2n) is 6.49. The Morgan fingerprint density at radius 2 is 1.70 bits per heavy atom. The van der Waals surface area contributed by atoms with Gasteiger partial charge in [0.25, 0.3) is 11.5 Å². The Bertz CT molecular complexity index is 1170. The number of hydrogen-bond donors (Lipinski definition) is 1. The number of para-hydroxylation sites is 1. The standard InChI is InChI=1S/C22H19N3O2/c1-24-15-19(18-6-2-3-7-20(18)24)22(27)23-17-11-9-16(10-12-17)14-25-13-5-4-8-21(25)26/h2-13,15H,14H2,1H3,(H,23,27). The summed E-state index contributed by atoms with van der Waals surface area (Å²) in [5.41, 5.74) is 3.34. The Balaban J connectivity index is 1.52. The van der Waals surface area contributed by atoms with Crippen molar-refractivity contribution in [1.29, 1.82) is 0 Å². The average Bonchev–Trinajstić information content (AvgIpc) is 3.02. The molecule has 134 valence electrons. The smallest absolute Gasteiger partial charge is 0.257 e. The summed E-state index contributed by atoms with van der Waals surface area (Å²) in [7, 11) is 1.93. The molecule has 0 fully saturated rings. The lowest BCUT2D eigenvalue weighted by molar-refractivity contribution is 0.102. The lowest BCUT2D eigenvalue weighted by Crippen LogP contribution is -2.18. The number of anilines is 1. The van der Waals surface area contributed by atoms with Gasteiger partial charge in [0.05, 0.1) is 12.1 Å². The molecule has 0 aliphatic rings. The zero-order chi connectivity index (χ0) is 18.8. The van der Waals surface area contributed by atoms with E-state index in [1.807, 2.05) is 72.4 Å². The Morgan fingerprint density at radius 1 is 0.963 bits per heavy atom. The summed E-state index contributed by atoms with van der Waals surface area (Å²) in [6, 6.07) is 20.5. The molecule has 5 nitrogen and oxygen atoms in total. The molecule has 2 heterocycles. The van der Waals surface area contributed by atoms with Gasteiger partial charge in [-0.25, -0.2) is 0 Å². The van der Waals surface area contributed by atoms with Gasteiger partial charge in [-0.1, -0.05) is 36.4 Å². The topological polar surface area (TPSA) is 56.0 Å². The molecule has 4 aromatic rings. The van der Waals surface area contributed by atoms with Crippen LogP contribution in [0.25, 0.3) is 10.9 Å². The van der Waals surface area contributed by atoms with Crippen molar-refractivity contribution < 1.29 is 4.79 Å². The van der Waals surface area contributed by atoms with E-state index in [-0.39, 0.29) is 11.5 Å². The van der Waals surface area contributed by atoms with Crippen LogP contribution < -0.4 is 10.9 Å². The van der Waals surface area contributed by atoms with Gasteiger partial charge in [-0.3, -0.25) is 9.59 Å². The fraction of sp³-hybridized carbons (Fsp3) is 0.0909. The van der Waals surface area contributed by atoms with E-state index in [1.165, 1.54) is 0 Å². The maximum Gasteiger partial charge on any atom is 0.257 e. The van der Waals surface area contributed by atoms with Crippen LogP contribution in [0.3, 0.4) is 0 Å². The van der Waals surface area contributed by atoms with Crippen LogP contribution in [0.2, 0.25) is 0 Å². The number of carbonyl (C=O) groups is 1. The molecule has 2 aromatic heterocycles. The van der Waals surface area contributed by atoms with Gasteiger partial charge in [0.15, 0.2) is 0 Å². The van der Waals surface area contributed by atoms with Crippen LogP contribution in [-0.4, -0.2) is 15.0 Å². The summed E-state index contributed by atoms with van der Waals surface area (Å²) in [6.45, 7) is 0.497. The Hall–Kier alpha value is -3.60. The second kappa shape index (κ2) is 6.96. The molecule has 27 heavy (non-hydrogen) atoms. The molecule has 0 unspecified atom stereocenters. The molecule has 0 atom stereocenters. The number of aryl methyl sites for hydroxylation is 1. The van der Waals surface area contributed by atoms with Crippen molar-refractivity contribution in [3.8, 4) is 0 Å². The molecular weight excluding hydrogens is 338 g/mol. The molecule has 0 aliphatic carbocycles. The predicted molar refractivity (Wildman–Crippen MR) is 107 cm³/mol. The number of pyridine rings is 1. The summed E-state index contributed by atoms with van der Waals surface area (Å²) in [5.74, 6) is -0.140. The van der Waals surface area contributed by atoms with Gasteiger partial charge < -0.3 is 14.5 Å². The molecule has 0 radical (unpaired) electrons. The van der Waals surface area contributed by atoms with Crippen molar-refractivity contribution in [2.75, 3.05) is 5.32 Å². The Kier molecular flexibility index (Phi) is 4.34. The summed E-state index contributed by atoms with van der Waals surface area (Å²) >= 11 is 0. The monoisotopic (exact) mass is 357 g/mol. The van der Waals surface area contributed by atoms with Crippen LogP contribution >= 0.6 is 0 Å². The van der Waals surface area contributed by atoms with Gasteiger partial charge >= 0.3 is 0 Å². The fourth-order valence-corrected chi connectivity index (χ4v) is 3.20. The first kappa shape index (κ1) is 16.8. The van der Waals surface area contributed by atoms with Crippen molar-refractivity contribution >= 4 is 22.5 Å². The highest BCUT2D eigenvalue weighted by Crippen LogP contribution is 2.21. The summed E-state index contributed by atoms with van der Waals surface area (Å²) < 4.78 is 3.59. The maximum atomic E-state index is 12.7. The van der Waals surface area contributed by atoms with Crippen molar-refractivity contribution in [3.05, 3.63) is 101 Å². The average molecular weight is 357 g/mol. The maximum absolute atomic E-state index is 12.7. The van der Waals surface area contributed by atoms with E-state index in [0.29, 0.717) is 12.1 Å². The summed E-state index contributed by atoms with van der Waals surface area (Å²) in [6.07, 6.45) is 3.61. The predicted octanol–water partition coefficient (Wildman–Crippen LogP) is 3.64. The van der Waals surface area contributed by atoms with Crippen molar-refractivity contribution in [3.63, 3.8) is 0 Å². The third kappa shape index (κ3) is 3.40. The van der Waals surface area contributed by atoms with Crippen molar-refractivity contribution in [2.45, 2.75) is 6.54 Å². The van der Waals surface area contributed by atoms with Gasteiger partial charge in [0.2, 0.25) is 0 Å². The third-order valence-electron chi connectivity index (χ3n) is 4.61. The van der Waals surface area contributed by atoms with Gasteiger partial charge in [0.1, 0.15) is 0 Å². The quantitative estimate of drug-likeness (QED) is 0.606. The number of amides is 1. The van der Waals surface area contributed by atoms with Crippen LogP contribution in [0.15, 0.2) is 83.9 Å². The largest absolute Gasteiger partial charge is 0.350 e. The van der Waals surface area contributed by atoms with E-state index >= 15 is 0 Å². The van der Waals surface area contributed by atoms with E-state index in [4.69, 9.17) is 0 Å². The third-order valence-corrected chi connectivity index (χ3v) is 4.61. The molecule has 0 saturated heterocycles. The minimum Gasteiger partial charge on any atom is -0.350 e. The van der Waals surface area contributed by atoms with Crippen molar-refractivity contribution in [2.24, 2.45) is 7.05 Å². The number of nitrogens with zero attached hydrogens (tertiary/aromatic N) is 2. The van der Waals surface area contributed by atoms with Crippen LogP contribution in [-0.2, 0) is 13.6 Å². The second-order valence-corrected chi connectivity index (χ2v) is 6.49. The molecule has 5 heteroatoms. The minimum atomic E-state index is -0.140. The Morgan fingerprint density at radius 3 is 2.48 bits per heavy atom. The number of carbonyl (C=O) groups excluding carboxylic acids is 1. The molecule has 0 aliphatic heterocycles. The molecule has 1 amide bonds. The molecule has 0 spiro atoms. The fourth-order valence-electron chi connectivity index (χ4n) is 3.20. The summed E-state index contributed by atoms with van der Waals surface area (Å²) in [4.78, 5) is 24.5. The number of aromatic nitrogens is 2. The SMILES string of the molecule is Cn1cc(C(=O)Nc2ccc(Cn3ccccc3=O)cc2)c2ccccc21. The van der Waals surface area contributed by atoms with Crippen LogP contribution in [0.1, 0.15) is 15.9 Å². The van der Waals surface area contributed by atoms with E-state index in [1.54, 1.807) is 22.9 Å².